The van der Waals surface area contributed by atoms with Gasteiger partial charge in [-0.1, -0.05) is 23.9 Å². The number of aromatic hydroxyl groups is 1. The van der Waals surface area contributed by atoms with Crippen LogP contribution in [0.2, 0.25) is 0 Å². The number of nitrogens with zero attached hydrogens (tertiary/aromatic N) is 1. The minimum absolute atomic E-state index is 0.162. The second-order valence-electron chi connectivity index (χ2n) is 3.54. The number of hydrogen-bond donors (Lipinski definition) is 1. The minimum atomic E-state index is -1.30. The number of phenols is 1. The summed E-state index contributed by atoms with van der Waals surface area (Å²) in [5.41, 5.74) is -0.549. The molecule has 2 aromatic rings. The predicted octanol–water partition coefficient (Wildman–Crippen LogP) is 3.73. The Bertz CT molecular complexity index is 649. The molecule has 0 aromatic heterocycles. The first-order valence-corrected chi connectivity index (χ1v) is 5.90. The van der Waals surface area contributed by atoms with Crippen LogP contribution in [0.3, 0.4) is 0 Å². The zero-order chi connectivity index (χ0) is 14.0. The van der Waals surface area contributed by atoms with E-state index in [2.05, 4.69) is 0 Å². The molecular formula is C12H7F2NO3S. The van der Waals surface area contributed by atoms with Gasteiger partial charge in [0.05, 0.1) is 9.82 Å². The summed E-state index contributed by atoms with van der Waals surface area (Å²) in [6, 6.07) is 7.52. The second-order valence-corrected chi connectivity index (χ2v) is 4.59. The molecule has 0 bridgehead atoms. The molecule has 7 heteroatoms. The lowest BCUT2D eigenvalue weighted by atomic mass is 10.3. The summed E-state index contributed by atoms with van der Waals surface area (Å²) in [5.74, 6) is -2.64. The van der Waals surface area contributed by atoms with Crippen molar-refractivity contribution < 1.29 is 18.8 Å². The summed E-state index contributed by atoms with van der Waals surface area (Å²) in [6.07, 6.45) is 0. The van der Waals surface area contributed by atoms with Crippen LogP contribution in [-0.4, -0.2) is 10.0 Å². The smallest absolute Gasteiger partial charge is 0.286 e. The van der Waals surface area contributed by atoms with Gasteiger partial charge in [-0.15, -0.1) is 0 Å². The fourth-order valence-corrected chi connectivity index (χ4v) is 2.39. The van der Waals surface area contributed by atoms with E-state index >= 15 is 0 Å². The van der Waals surface area contributed by atoms with Crippen molar-refractivity contribution in [3.05, 3.63) is 58.1 Å². The van der Waals surface area contributed by atoms with Crippen LogP contribution in [0.25, 0.3) is 0 Å². The lowest BCUT2D eigenvalue weighted by Crippen LogP contribution is -1.96. The maximum Gasteiger partial charge on any atom is 0.286 e. The molecule has 1 N–H and O–H groups in total. The largest absolute Gasteiger partial charge is 0.507 e. The third kappa shape index (κ3) is 2.65. The molecule has 0 amide bonds. The highest BCUT2D eigenvalue weighted by Gasteiger charge is 2.23. The molecule has 2 rings (SSSR count). The summed E-state index contributed by atoms with van der Waals surface area (Å²) in [4.78, 5) is 9.74. The summed E-state index contributed by atoms with van der Waals surface area (Å²) >= 11 is 0.603. The number of halogens is 2. The third-order valence-electron chi connectivity index (χ3n) is 2.30. The first-order valence-electron chi connectivity index (χ1n) is 5.09. The predicted molar refractivity (Wildman–Crippen MR) is 65.2 cm³/mol. The Kier molecular flexibility index (Phi) is 3.66. The molecule has 0 atom stereocenters. The van der Waals surface area contributed by atoms with Crippen molar-refractivity contribution >= 4 is 17.4 Å². The van der Waals surface area contributed by atoms with Crippen molar-refractivity contribution in [2.45, 2.75) is 9.79 Å². The van der Waals surface area contributed by atoms with Gasteiger partial charge >= 0.3 is 0 Å². The van der Waals surface area contributed by atoms with Crippen LogP contribution in [-0.2, 0) is 0 Å². The molecule has 2 aromatic carbocycles. The molecule has 19 heavy (non-hydrogen) atoms. The highest BCUT2D eigenvalue weighted by Crippen LogP contribution is 2.40. The van der Waals surface area contributed by atoms with Gasteiger partial charge in [0.2, 0.25) is 0 Å². The van der Waals surface area contributed by atoms with Crippen molar-refractivity contribution in [3.8, 4) is 5.75 Å². The summed E-state index contributed by atoms with van der Waals surface area (Å²) < 4.78 is 26.8. The van der Waals surface area contributed by atoms with Crippen molar-refractivity contribution in [2.75, 3.05) is 0 Å². The highest BCUT2D eigenvalue weighted by molar-refractivity contribution is 7.99. The molecule has 0 radical (unpaired) electrons. The number of rotatable bonds is 3. The average molecular weight is 283 g/mol. The number of para-hydroxylation sites is 1. The maximum atomic E-state index is 13.7. The van der Waals surface area contributed by atoms with Gasteiger partial charge < -0.3 is 5.11 Å². The zero-order valence-corrected chi connectivity index (χ0v) is 10.2. The third-order valence-corrected chi connectivity index (χ3v) is 3.46. The molecule has 0 fully saturated rings. The molecular weight excluding hydrogens is 276 g/mol. The van der Waals surface area contributed by atoms with Gasteiger partial charge in [-0.3, -0.25) is 10.1 Å². The van der Waals surface area contributed by atoms with Crippen LogP contribution in [0.5, 0.6) is 5.75 Å². The fraction of sp³-hybridized carbons (Fsp3) is 0. The van der Waals surface area contributed by atoms with Gasteiger partial charge in [0.25, 0.3) is 5.69 Å². The molecule has 0 saturated heterocycles. The van der Waals surface area contributed by atoms with E-state index in [1.165, 1.54) is 12.1 Å². The molecule has 0 unspecified atom stereocenters. The van der Waals surface area contributed by atoms with Gasteiger partial charge in [-0.25, -0.2) is 8.78 Å². The molecule has 4 nitrogen and oxygen atoms in total. The van der Waals surface area contributed by atoms with E-state index in [-0.39, 0.29) is 10.6 Å². The van der Waals surface area contributed by atoms with E-state index in [1.54, 1.807) is 12.1 Å². The normalized spacial score (nSPS) is 10.4. The monoisotopic (exact) mass is 283 g/mol. The van der Waals surface area contributed by atoms with E-state index in [1.807, 2.05) is 0 Å². The Balaban J connectivity index is 2.53. The standard InChI is InChI=1S/C12H7F2NO3S/c13-7-5-6-8(15(17)18)12(11(7)14)19-10-4-2-1-3-9(10)16/h1-6,16H. The molecule has 0 aliphatic carbocycles. The summed E-state index contributed by atoms with van der Waals surface area (Å²) in [6.45, 7) is 0. The lowest BCUT2D eigenvalue weighted by Gasteiger charge is -2.06. The number of nitro benzene ring substituents is 1. The van der Waals surface area contributed by atoms with Crippen LogP contribution in [0, 0.1) is 21.7 Å². The Hall–Kier alpha value is -2.15. The number of hydrogen-bond acceptors (Lipinski definition) is 4. The van der Waals surface area contributed by atoms with E-state index in [4.69, 9.17) is 0 Å². The van der Waals surface area contributed by atoms with Crippen molar-refractivity contribution in [2.24, 2.45) is 0 Å². The fourth-order valence-electron chi connectivity index (χ4n) is 1.42. The Morgan fingerprint density at radius 2 is 1.84 bits per heavy atom. The molecule has 98 valence electrons. The Morgan fingerprint density at radius 1 is 1.16 bits per heavy atom. The van der Waals surface area contributed by atoms with E-state index in [0.717, 1.165) is 6.07 Å². The van der Waals surface area contributed by atoms with Crippen LogP contribution in [0.4, 0.5) is 14.5 Å². The van der Waals surface area contributed by atoms with E-state index in [0.29, 0.717) is 17.8 Å². The molecule has 0 aliphatic heterocycles. The van der Waals surface area contributed by atoms with E-state index < -0.39 is 27.1 Å². The first-order chi connectivity index (χ1) is 9.00. The van der Waals surface area contributed by atoms with Gasteiger partial charge in [-0.05, 0) is 18.2 Å². The number of phenolic OH excluding ortho intramolecular Hbond substituents is 1. The van der Waals surface area contributed by atoms with E-state index in [9.17, 15) is 24.0 Å². The molecule has 0 heterocycles. The van der Waals surface area contributed by atoms with Crippen LogP contribution >= 0.6 is 11.8 Å². The van der Waals surface area contributed by atoms with Gasteiger partial charge in [-0.2, -0.15) is 0 Å². The zero-order valence-electron chi connectivity index (χ0n) is 9.34. The van der Waals surface area contributed by atoms with Crippen LogP contribution in [0.1, 0.15) is 0 Å². The SMILES string of the molecule is O=[N+]([O-])c1ccc(F)c(F)c1Sc1ccccc1O. The Morgan fingerprint density at radius 3 is 2.47 bits per heavy atom. The van der Waals surface area contributed by atoms with Crippen molar-refractivity contribution in [3.63, 3.8) is 0 Å². The van der Waals surface area contributed by atoms with Crippen LogP contribution in [0.15, 0.2) is 46.2 Å². The molecule has 0 spiro atoms. The first kappa shape index (κ1) is 13.3. The minimum Gasteiger partial charge on any atom is -0.507 e. The second kappa shape index (κ2) is 5.23. The molecule has 0 aliphatic rings. The quantitative estimate of drug-likeness (QED) is 0.688. The topological polar surface area (TPSA) is 63.4 Å². The molecule has 0 saturated carbocycles. The van der Waals surface area contributed by atoms with Gasteiger partial charge in [0.1, 0.15) is 10.6 Å². The summed E-state index contributed by atoms with van der Waals surface area (Å²) in [7, 11) is 0. The van der Waals surface area contributed by atoms with Gasteiger partial charge in [0.15, 0.2) is 11.6 Å². The Labute approximate surface area is 110 Å². The maximum absolute atomic E-state index is 13.7. The van der Waals surface area contributed by atoms with Crippen molar-refractivity contribution in [1.29, 1.82) is 0 Å². The summed E-state index contributed by atoms with van der Waals surface area (Å²) in [5, 5.41) is 20.4. The number of nitro groups is 1. The highest BCUT2D eigenvalue weighted by atomic mass is 32.2. The van der Waals surface area contributed by atoms with Crippen molar-refractivity contribution in [1.82, 2.24) is 0 Å². The van der Waals surface area contributed by atoms with Gasteiger partial charge in [0, 0.05) is 6.07 Å². The van der Waals surface area contributed by atoms with Crippen LogP contribution < -0.4 is 0 Å². The number of benzene rings is 2. The lowest BCUT2D eigenvalue weighted by molar-refractivity contribution is -0.388. The average Bonchev–Trinajstić information content (AvgIpc) is 2.37.